The molecule has 0 spiro atoms. The number of esters is 1. The number of hydrogen-bond acceptors (Lipinski definition) is 3. The Bertz CT molecular complexity index is 264. The first-order valence-corrected chi connectivity index (χ1v) is 6.80. The Hall–Kier alpha value is -1.06. The lowest BCUT2D eigenvalue weighted by molar-refractivity contribution is -0.146. The smallest absolute Gasteiger partial charge is 0.310 e. The Morgan fingerprint density at radius 3 is 2.22 bits per heavy atom. The summed E-state index contributed by atoms with van der Waals surface area (Å²) in [6.07, 6.45) is 3.22. The maximum Gasteiger partial charge on any atom is 0.310 e. The SMILES string of the molecule is CCCCCN(CC(C)C(=O)OC)C(=O)C(C)C. The van der Waals surface area contributed by atoms with Crippen LogP contribution in [0, 0.1) is 11.8 Å². The minimum Gasteiger partial charge on any atom is -0.469 e. The van der Waals surface area contributed by atoms with Crippen LogP contribution in [0.1, 0.15) is 47.0 Å². The maximum absolute atomic E-state index is 12.1. The van der Waals surface area contributed by atoms with Gasteiger partial charge in [-0.1, -0.05) is 40.5 Å². The van der Waals surface area contributed by atoms with Gasteiger partial charge in [-0.15, -0.1) is 0 Å². The highest BCUT2D eigenvalue weighted by Crippen LogP contribution is 2.09. The zero-order valence-electron chi connectivity index (χ0n) is 12.4. The van der Waals surface area contributed by atoms with Crippen molar-refractivity contribution in [1.82, 2.24) is 4.90 Å². The van der Waals surface area contributed by atoms with E-state index >= 15 is 0 Å². The summed E-state index contributed by atoms with van der Waals surface area (Å²) >= 11 is 0. The van der Waals surface area contributed by atoms with E-state index in [0.717, 1.165) is 25.8 Å². The molecule has 0 aliphatic heterocycles. The number of carbonyl (C=O) groups excluding carboxylic acids is 2. The Morgan fingerprint density at radius 1 is 1.17 bits per heavy atom. The van der Waals surface area contributed by atoms with Gasteiger partial charge in [-0.2, -0.15) is 0 Å². The third kappa shape index (κ3) is 6.03. The number of methoxy groups -OCH3 is 1. The highest BCUT2D eigenvalue weighted by Gasteiger charge is 2.22. The molecule has 0 aromatic carbocycles. The van der Waals surface area contributed by atoms with Gasteiger partial charge < -0.3 is 9.64 Å². The number of nitrogens with zero attached hydrogens (tertiary/aromatic N) is 1. The minimum atomic E-state index is -0.265. The number of carbonyl (C=O) groups is 2. The fourth-order valence-electron chi connectivity index (χ4n) is 1.82. The van der Waals surface area contributed by atoms with Crippen LogP contribution in [-0.2, 0) is 14.3 Å². The summed E-state index contributed by atoms with van der Waals surface area (Å²) < 4.78 is 4.70. The summed E-state index contributed by atoms with van der Waals surface area (Å²) in [4.78, 5) is 25.3. The average molecular weight is 257 g/mol. The largest absolute Gasteiger partial charge is 0.469 e. The van der Waals surface area contributed by atoms with Gasteiger partial charge in [0.25, 0.3) is 0 Å². The van der Waals surface area contributed by atoms with Gasteiger partial charge in [-0.25, -0.2) is 0 Å². The normalized spacial score (nSPS) is 12.3. The van der Waals surface area contributed by atoms with E-state index in [1.807, 2.05) is 13.8 Å². The van der Waals surface area contributed by atoms with Crippen LogP contribution in [0.2, 0.25) is 0 Å². The van der Waals surface area contributed by atoms with Crippen molar-refractivity contribution in [2.45, 2.75) is 47.0 Å². The second-order valence-corrected chi connectivity index (χ2v) is 5.07. The maximum atomic E-state index is 12.1. The van der Waals surface area contributed by atoms with E-state index in [4.69, 9.17) is 4.74 Å². The molecule has 18 heavy (non-hydrogen) atoms. The molecule has 4 heteroatoms. The zero-order chi connectivity index (χ0) is 14.1. The molecule has 0 rings (SSSR count). The van der Waals surface area contributed by atoms with Crippen LogP contribution >= 0.6 is 0 Å². The van der Waals surface area contributed by atoms with E-state index in [1.165, 1.54) is 7.11 Å². The molecule has 0 fully saturated rings. The summed E-state index contributed by atoms with van der Waals surface area (Å²) in [5.41, 5.74) is 0. The number of ether oxygens (including phenoxy) is 1. The van der Waals surface area contributed by atoms with Crippen molar-refractivity contribution >= 4 is 11.9 Å². The molecule has 1 unspecified atom stereocenters. The number of amides is 1. The number of unbranched alkanes of at least 4 members (excludes halogenated alkanes) is 2. The van der Waals surface area contributed by atoms with Crippen LogP contribution in [0.5, 0.6) is 0 Å². The van der Waals surface area contributed by atoms with Crippen molar-refractivity contribution in [1.29, 1.82) is 0 Å². The van der Waals surface area contributed by atoms with Gasteiger partial charge in [0.2, 0.25) is 5.91 Å². The second-order valence-electron chi connectivity index (χ2n) is 5.07. The van der Waals surface area contributed by atoms with Gasteiger partial charge in [0.05, 0.1) is 13.0 Å². The molecule has 0 bridgehead atoms. The third-order valence-electron chi connectivity index (χ3n) is 2.93. The first kappa shape index (κ1) is 16.9. The molecule has 0 saturated carbocycles. The monoisotopic (exact) mass is 257 g/mol. The van der Waals surface area contributed by atoms with Gasteiger partial charge in [0.15, 0.2) is 0 Å². The van der Waals surface area contributed by atoms with Gasteiger partial charge >= 0.3 is 5.97 Å². The summed E-state index contributed by atoms with van der Waals surface area (Å²) in [6, 6.07) is 0. The van der Waals surface area contributed by atoms with Crippen LogP contribution in [0.25, 0.3) is 0 Å². The average Bonchev–Trinajstić information content (AvgIpc) is 2.35. The predicted molar refractivity (Wildman–Crippen MR) is 72.1 cm³/mol. The van der Waals surface area contributed by atoms with Crippen molar-refractivity contribution < 1.29 is 14.3 Å². The van der Waals surface area contributed by atoms with Crippen molar-refractivity contribution in [3.05, 3.63) is 0 Å². The Morgan fingerprint density at radius 2 is 1.78 bits per heavy atom. The predicted octanol–water partition coefficient (Wildman–Crippen LogP) is 2.47. The lowest BCUT2D eigenvalue weighted by Gasteiger charge is -2.26. The summed E-state index contributed by atoms with van der Waals surface area (Å²) in [5.74, 6) is -0.440. The quantitative estimate of drug-likeness (QED) is 0.496. The molecule has 0 radical (unpaired) electrons. The highest BCUT2D eigenvalue weighted by atomic mass is 16.5. The van der Waals surface area contributed by atoms with Crippen molar-refractivity contribution in [3.63, 3.8) is 0 Å². The standard InChI is InChI=1S/C14H27NO3/c1-6-7-8-9-15(13(16)11(2)3)10-12(4)14(17)18-5/h11-12H,6-10H2,1-5H3. The number of rotatable bonds is 8. The second kappa shape index (κ2) is 8.95. The molecule has 0 N–H and O–H groups in total. The van der Waals surface area contributed by atoms with Crippen LogP contribution in [0.4, 0.5) is 0 Å². The lowest BCUT2D eigenvalue weighted by Crippen LogP contribution is -2.40. The first-order valence-electron chi connectivity index (χ1n) is 6.80. The Kier molecular flexibility index (Phi) is 8.42. The van der Waals surface area contributed by atoms with Crippen LogP contribution in [0.3, 0.4) is 0 Å². The molecule has 106 valence electrons. The topological polar surface area (TPSA) is 46.6 Å². The van der Waals surface area contributed by atoms with E-state index in [9.17, 15) is 9.59 Å². The minimum absolute atomic E-state index is 0.0310. The molecule has 0 aromatic heterocycles. The van der Waals surface area contributed by atoms with E-state index in [2.05, 4.69) is 6.92 Å². The van der Waals surface area contributed by atoms with Gasteiger partial charge in [0, 0.05) is 19.0 Å². The van der Waals surface area contributed by atoms with Crippen molar-refractivity contribution in [3.8, 4) is 0 Å². The molecule has 0 aliphatic carbocycles. The summed E-state index contributed by atoms with van der Waals surface area (Å²) in [6.45, 7) is 8.88. The molecule has 4 nitrogen and oxygen atoms in total. The van der Waals surface area contributed by atoms with Crippen molar-refractivity contribution in [2.24, 2.45) is 11.8 Å². The van der Waals surface area contributed by atoms with Crippen molar-refractivity contribution in [2.75, 3.05) is 20.2 Å². The Balaban J connectivity index is 4.46. The molecule has 0 aliphatic rings. The zero-order valence-corrected chi connectivity index (χ0v) is 12.4. The summed E-state index contributed by atoms with van der Waals surface area (Å²) in [5, 5.41) is 0. The molecule has 1 amide bonds. The van der Waals surface area contributed by atoms with E-state index < -0.39 is 0 Å². The van der Waals surface area contributed by atoms with E-state index in [0.29, 0.717) is 6.54 Å². The third-order valence-corrected chi connectivity index (χ3v) is 2.93. The molecule has 0 aromatic rings. The lowest BCUT2D eigenvalue weighted by atomic mass is 10.1. The fraction of sp³-hybridized carbons (Fsp3) is 0.857. The van der Waals surface area contributed by atoms with Crippen LogP contribution < -0.4 is 0 Å². The van der Waals surface area contributed by atoms with E-state index in [1.54, 1.807) is 11.8 Å². The number of hydrogen-bond donors (Lipinski definition) is 0. The molecule has 0 saturated heterocycles. The van der Waals surface area contributed by atoms with E-state index in [-0.39, 0.29) is 23.7 Å². The fourth-order valence-corrected chi connectivity index (χ4v) is 1.82. The van der Waals surface area contributed by atoms with Crippen LogP contribution in [0.15, 0.2) is 0 Å². The van der Waals surface area contributed by atoms with Gasteiger partial charge in [-0.05, 0) is 6.42 Å². The molecule has 0 heterocycles. The first-order chi connectivity index (χ1) is 8.43. The molecular weight excluding hydrogens is 230 g/mol. The summed E-state index contributed by atoms with van der Waals surface area (Å²) in [7, 11) is 1.38. The molecule has 1 atom stereocenters. The van der Waals surface area contributed by atoms with Gasteiger partial charge in [0.1, 0.15) is 0 Å². The van der Waals surface area contributed by atoms with Crippen LogP contribution in [-0.4, -0.2) is 37.0 Å². The Labute approximate surface area is 111 Å². The van der Waals surface area contributed by atoms with Gasteiger partial charge in [-0.3, -0.25) is 9.59 Å². The molecular formula is C14H27NO3. The highest BCUT2D eigenvalue weighted by molar-refractivity contribution is 5.79.